The van der Waals surface area contributed by atoms with Gasteiger partial charge in [0.1, 0.15) is 4.88 Å². The van der Waals surface area contributed by atoms with E-state index < -0.39 is 0 Å². The fourth-order valence-corrected chi connectivity index (χ4v) is 1.68. The molecule has 0 aromatic carbocycles. The van der Waals surface area contributed by atoms with Gasteiger partial charge >= 0.3 is 5.97 Å². The average Bonchev–Trinajstić information content (AvgIpc) is 2.62. The van der Waals surface area contributed by atoms with Gasteiger partial charge in [0.15, 0.2) is 0 Å². The lowest BCUT2D eigenvalue weighted by Gasteiger charge is -1.91. The van der Waals surface area contributed by atoms with Gasteiger partial charge in [-0.3, -0.25) is 0 Å². The van der Waals surface area contributed by atoms with Crippen molar-refractivity contribution < 1.29 is 14.6 Å². The lowest BCUT2D eigenvalue weighted by molar-refractivity contribution is 0.0606. The largest absolute Gasteiger partial charge is 0.465 e. The van der Waals surface area contributed by atoms with Crippen LogP contribution in [-0.2, 0) is 4.74 Å². The highest BCUT2D eigenvalue weighted by Crippen LogP contribution is 2.18. The number of rotatable bonds is 3. The van der Waals surface area contributed by atoms with Gasteiger partial charge in [-0.2, -0.15) is 0 Å². The third-order valence-corrected chi connectivity index (χ3v) is 2.43. The molecule has 70 valence electrons. The van der Waals surface area contributed by atoms with E-state index in [0.29, 0.717) is 4.88 Å². The summed E-state index contributed by atoms with van der Waals surface area (Å²) in [7, 11) is 1.35. The number of ether oxygens (including phenoxy) is 1. The molecule has 0 fully saturated rings. The highest BCUT2D eigenvalue weighted by Gasteiger charge is 2.06. The highest BCUT2D eigenvalue weighted by molar-refractivity contribution is 7.14. The van der Waals surface area contributed by atoms with E-state index in [-0.39, 0.29) is 12.6 Å². The van der Waals surface area contributed by atoms with Gasteiger partial charge in [0.25, 0.3) is 0 Å². The molecule has 0 aliphatic carbocycles. The summed E-state index contributed by atoms with van der Waals surface area (Å²) in [5, 5.41) is 8.52. The molecule has 0 spiro atoms. The number of aliphatic hydroxyl groups excluding tert-OH is 1. The molecule has 3 nitrogen and oxygen atoms in total. The average molecular weight is 198 g/mol. The van der Waals surface area contributed by atoms with Gasteiger partial charge in [-0.1, -0.05) is 6.08 Å². The first kappa shape index (κ1) is 9.95. The number of carbonyl (C=O) groups excluding carboxylic acids is 1. The molecular formula is C9H10O3S. The molecular weight excluding hydrogens is 188 g/mol. The maximum absolute atomic E-state index is 11.0. The molecule has 0 aliphatic rings. The van der Waals surface area contributed by atoms with Gasteiger partial charge in [-0.05, 0) is 18.2 Å². The van der Waals surface area contributed by atoms with Gasteiger partial charge in [0.2, 0.25) is 0 Å². The summed E-state index contributed by atoms with van der Waals surface area (Å²) in [5.74, 6) is -0.325. The summed E-state index contributed by atoms with van der Waals surface area (Å²) in [6.45, 7) is 0.00541. The van der Waals surface area contributed by atoms with E-state index in [4.69, 9.17) is 5.11 Å². The number of esters is 1. The van der Waals surface area contributed by atoms with E-state index in [1.165, 1.54) is 18.4 Å². The molecule has 0 saturated carbocycles. The van der Waals surface area contributed by atoms with Crippen LogP contribution in [0.4, 0.5) is 0 Å². The first-order chi connectivity index (χ1) is 6.27. The maximum atomic E-state index is 11.0. The molecule has 0 atom stereocenters. The van der Waals surface area contributed by atoms with Gasteiger partial charge < -0.3 is 9.84 Å². The Morgan fingerprint density at radius 3 is 3.08 bits per heavy atom. The van der Waals surface area contributed by atoms with Crippen molar-refractivity contribution in [2.45, 2.75) is 0 Å². The van der Waals surface area contributed by atoms with Crippen LogP contribution in [0, 0.1) is 0 Å². The summed E-state index contributed by atoms with van der Waals surface area (Å²) in [6, 6.07) is 3.51. The molecule has 1 aromatic heterocycles. The van der Waals surface area contributed by atoms with Gasteiger partial charge in [-0.25, -0.2) is 4.79 Å². The Hall–Kier alpha value is -1.13. The van der Waals surface area contributed by atoms with Crippen molar-refractivity contribution in [2.75, 3.05) is 13.7 Å². The summed E-state index contributed by atoms with van der Waals surface area (Å²) in [6.07, 6.45) is 3.38. The first-order valence-electron chi connectivity index (χ1n) is 3.73. The van der Waals surface area contributed by atoms with Crippen LogP contribution < -0.4 is 0 Å². The van der Waals surface area contributed by atoms with Crippen molar-refractivity contribution in [1.82, 2.24) is 0 Å². The number of carbonyl (C=O) groups is 1. The minimum atomic E-state index is -0.325. The molecule has 0 saturated heterocycles. The normalized spacial score (nSPS) is 10.6. The third-order valence-electron chi connectivity index (χ3n) is 1.40. The number of hydrogen-bond acceptors (Lipinski definition) is 4. The molecule has 1 aromatic rings. The second-order valence-electron chi connectivity index (χ2n) is 2.28. The summed E-state index contributed by atoms with van der Waals surface area (Å²) in [5.41, 5.74) is 0. The lowest BCUT2D eigenvalue weighted by Crippen LogP contribution is -1.96. The molecule has 1 N–H and O–H groups in total. The van der Waals surface area contributed by atoms with Crippen molar-refractivity contribution in [1.29, 1.82) is 0 Å². The predicted molar refractivity (Wildman–Crippen MR) is 51.8 cm³/mol. The Kier molecular flexibility index (Phi) is 3.67. The summed E-state index contributed by atoms with van der Waals surface area (Å²) < 4.78 is 4.55. The van der Waals surface area contributed by atoms with E-state index >= 15 is 0 Å². The van der Waals surface area contributed by atoms with Crippen molar-refractivity contribution in [3.8, 4) is 0 Å². The first-order valence-corrected chi connectivity index (χ1v) is 4.55. The van der Waals surface area contributed by atoms with Crippen molar-refractivity contribution in [3.63, 3.8) is 0 Å². The Morgan fingerprint density at radius 1 is 1.69 bits per heavy atom. The van der Waals surface area contributed by atoms with E-state index in [1.807, 2.05) is 6.07 Å². The second-order valence-corrected chi connectivity index (χ2v) is 3.39. The number of thiophene rings is 1. The van der Waals surface area contributed by atoms with E-state index in [0.717, 1.165) is 4.88 Å². The molecule has 4 heteroatoms. The standard InChI is InChI=1S/C9H10O3S/c1-12-9(11)8-5-4-7(13-8)3-2-6-10/h2-5,10H,6H2,1H3/b3-2+. The van der Waals surface area contributed by atoms with E-state index in [9.17, 15) is 4.79 Å². The maximum Gasteiger partial charge on any atom is 0.348 e. The van der Waals surface area contributed by atoms with Crippen LogP contribution in [-0.4, -0.2) is 24.8 Å². The molecule has 0 aliphatic heterocycles. The minimum absolute atomic E-state index is 0.00541. The van der Waals surface area contributed by atoms with Crippen LogP contribution in [0.5, 0.6) is 0 Å². The zero-order chi connectivity index (χ0) is 9.68. The molecule has 0 bridgehead atoms. The second kappa shape index (κ2) is 4.79. The number of aliphatic hydroxyl groups is 1. The van der Waals surface area contributed by atoms with Gasteiger partial charge in [-0.15, -0.1) is 11.3 Å². The highest BCUT2D eigenvalue weighted by atomic mass is 32.1. The molecule has 13 heavy (non-hydrogen) atoms. The third kappa shape index (κ3) is 2.68. The lowest BCUT2D eigenvalue weighted by atomic mass is 10.4. The van der Waals surface area contributed by atoms with Gasteiger partial charge in [0, 0.05) is 4.88 Å². The quantitative estimate of drug-likeness (QED) is 0.749. The van der Waals surface area contributed by atoms with Crippen LogP contribution in [0.15, 0.2) is 18.2 Å². The summed E-state index contributed by atoms with van der Waals surface area (Å²) in [4.78, 5) is 12.5. The van der Waals surface area contributed by atoms with Crippen molar-refractivity contribution >= 4 is 23.4 Å². The Bertz CT molecular complexity index is 314. The SMILES string of the molecule is COC(=O)c1ccc(/C=C/CO)s1. The Balaban J connectivity index is 2.74. The van der Waals surface area contributed by atoms with E-state index in [2.05, 4.69) is 4.74 Å². The predicted octanol–water partition coefficient (Wildman–Crippen LogP) is 1.54. The van der Waals surface area contributed by atoms with Crippen LogP contribution in [0.3, 0.4) is 0 Å². The van der Waals surface area contributed by atoms with Crippen LogP contribution in [0.2, 0.25) is 0 Å². The van der Waals surface area contributed by atoms with Crippen LogP contribution >= 0.6 is 11.3 Å². The molecule has 1 heterocycles. The molecule has 0 amide bonds. The molecule has 0 radical (unpaired) electrons. The fourth-order valence-electron chi connectivity index (χ4n) is 0.822. The van der Waals surface area contributed by atoms with E-state index in [1.54, 1.807) is 18.2 Å². The number of methoxy groups -OCH3 is 1. The smallest absolute Gasteiger partial charge is 0.348 e. The molecule has 0 unspecified atom stereocenters. The van der Waals surface area contributed by atoms with Gasteiger partial charge in [0.05, 0.1) is 13.7 Å². The molecule has 1 rings (SSSR count). The summed E-state index contributed by atoms with van der Waals surface area (Å²) >= 11 is 1.33. The van der Waals surface area contributed by atoms with Crippen LogP contribution in [0.1, 0.15) is 14.5 Å². The van der Waals surface area contributed by atoms with Crippen molar-refractivity contribution in [3.05, 3.63) is 28.0 Å². The fraction of sp³-hybridized carbons (Fsp3) is 0.222. The number of hydrogen-bond donors (Lipinski definition) is 1. The zero-order valence-electron chi connectivity index (χ0n) is 7.19. The van der Waals surface area contributed by atoms with Crippen LogP contribution in [0.25, 0.3) is 6.08 Å². The Labute approximate surface area is 80.3 Å². The monoisotopic (exact) mass is 198 g/mol. The van der Waals surface area contributed by atoms with Crippen molar-refractivity contribution in [2.24, 2.45) is 0 Å². The topological polar surface area (TPSA) is 46.5 Å². The Morgan fingerprint density at radius 2 is 2.46 bits per heavy atom. The zero-order valence-corrected chi connectivity index (χ0v) is 8.00. The minimum Gasteiger partial charge on any atom is -0.465 e.